The van der Waals surface area contributed by atoms with Gasteiger partial charge in [-0.25, -0.2) is 4.63 Å². The molecule has 16 heavy (non-hydrogen) atoms. The quantitative estimate of drug-likeness (QED) is 0.748. The highest BCUT2D eigenvalue weighted by Gasteiger charge is 2.36. The van der Waals surface area contributed by atoms with E-state index in [1.54, 1.807) is 0 Å². The third kappa shape index (κ3) is 1.63. The van der Waals surface area contributed by atoms with Gasteiger partial charge in [0.15, 0.2) is 0 Å². The molecule has 88 valence electrons. The molecule has 0 aliphatic carbocycles. The highest BCUT2D eigenvalue weighted by atomic mass is 16.6. The smallest absolute Gasteiger partial charge is 0.320 e. The van der Waals surface area contributed by atoms with E-state index >= 15 is 0 Å². The summed E-state index contributed by atoms with van der Waals surface area (Å²) in [5, 5.41) is 7.33. The number of nitrogens with zero attached hydrogens (tertiary/aromatic N) is 3. The second-order valence-corrected chi connectivity index (χ2v) is 4.37. The fourth-order valence-corrected chi connectivity index (χ4v) is 2.56. The molecule has 3 aliphatic heterocycles. The van der Waals surface area contributed by atoms with Crippen LogP contribution in [-0.4, -0.2) is 48.1 Å². The molecule has 0 saturated carbocycles. The van der Waals surface area contributed by atoms with Crippen LogP contribution in [0.5, 0.6) is 11.8 Å². The van der Waals surface area contributed by atoms with Crippen molar-refractivity contribution in [1.29, 1.82) is 0 Å². The number of aromatic nitrogens is 2. The molecule has 6 heteroatoms. The number of piperidine rings is 3. The first-order chi connectivity index (χ1) is 7.86. The number of rotatable bonds is 3. The van der Waals surface area contributed by atoms with Crippen LogP contribution in [0.15, 0.2) is 4.63 Å². The summed E-state index contributed by atoms with van der Waals surface area (Å²) in [4.78, 5) is 2.42. The molecule has 0 aromatic carbocycles. The number of methoxy groups -OCH3 is 1. The minimum absolute atomic E-state index is 0.197. The largest absolute Gasteiger partial charge is 0.475 e. The molecule has 2 bridgehead atoms. The zero-order valence-electron chi connectivity index (χ0n) is 9.26. The third-order valence-corrected chi connectivity index (χ3v) is 3.48. The lowest BCUT2D eigenvalue weighted by molar-refractivity contribution is -0.0123. The molecule has 4 rings (SSSR count). The van der Waals surface area contributed by atoms with Crippen LogP contribution >= 0.6 is 0 Å². The number of fused-ring (bicyclic) bond motifs is 3. The van der Waals surface area contributed by atoms with E-state index in [2.05, 4.69) is 19.8 Å². The SMILES string of the molecule is COc1nonc1OC1CN2CCC1CC2. The minimum atomic E-state index is 0.197. The van der Waals surface area contributed by atoms with E-state index < -0.39 is 0 Å². The van der Waals surface area contributed by atoms with Gasteiger partial charge in [-0.3, -0.25) is 4.90 Å². The van der Waals surface area contributed by atoms with E-state index in [4.69, 9.17) is 9.47 Å². The Kier molecular flexibility index (Phi) is 2.43. The maximum atomic E-state index is 5.82. The third-order valence-electron chi connectivity index (χ3n) is 3.48. The van der Waals surface area contributed by atoms with E-state index in [-0.39, 0.29) is 6.10 Å². The van der Waals surface area contributed by atoms with Gasteiger partial charge in [0, 0.05) is 6.54 Å². The predicted octanol–water partition coefficient (Wildman–Crippen LogP) is 0.551. The molecule has 3 aliphatic rings. The van der Waals surface area contributed by atoms with Crippen LogP contribution in [0.4, 0.5) is 0 Å². The summed E-state index contributed by atoms with van der Waals surface area (Å²) < 4.78 is 15.4. The van der Waals surface area contributed by atoms with Crippen LogP contribution in [0.1, 0.15) is 12.8 Å². The van der Waals surface area contributed by atoms with Crippen LogP contribution in [0.2, 0.25) is 0 Å². The molecule has 6 nitrogen and oxygen atoms in total. The fraction of sp³-hybridized carbons (Fsp3) is 0.800. The number of hydrogen-bond acceptors (Lipinski definition) is 6. The maximum Gasteiger partial charge on any atom is 0.320 e. The van der Waals surface area contributed by atoms with Crippen LogP contribution in [0, 0.1) is 5.92 Å². The zero-order valence-corrected chi connectivity index (χ0v) is 9.26. The summed E-state index contributed by atoms with van der Waals surface area (Å²) in [7, 11) is 1.53. The molecular formula is C10H15N3O3. The van der Waals surface area contributed by atoms with Crippen molar-refractivity contribution in [2.75, 3.05) is 26.7 Å². The lowest BCUT2D eigenvalue weighted by Crippen LogP contribution is -2.52. The molecule has 0 spiro atoms. The van der Waals surface area contributed by atoms with Crippen molar-refractivity contribution < 1.29 is 14.1 Å². The summed E-state index contributed by atoms with van der Waals surface area (Å²) in [5.74, 6) is 1.34. The molecule has 0 radical (unpaired) electrons. The molecule has 0 amide bonds. The Balaban J connectivity index is 1.71. The molecule has 4 heterocycles. The highest BCUT2D eigenvalue weighted by Crippen LogP contribution is 2.32. The van der Waals surface area contributed by atoms with Crippen molar-refractivity contribution in [3.8, 4) is 11.8 Å². The van der Waals surface area contributed by atoms with Crippen molar-refractivity contribution in [3.63, 3.8) is 0 Å². The zero-order chi connectivity index (χ0) is 11.0. The van der Waals surface area contributed by atoms with Gasteiger partial charge in [0.1, 0.15) is 6.10 Å². The van der Waals surface area contributed by atoms with E-state index in [0.717, 1.165) is 6.54 Å². The predicted molar refractivity (Wildman–Crippen MR) is 54.4 cm³/mol. The van der Waals surface area contributed by atoms with Crippen LogP contribution < -0.4 is 9.47 Å². The van der Waals surface area contributed by atoms with Gasteiger partial charge >= 0.3 is 11.8 Å². The monoisotopic (exact) mass is 225 g/mol. The Morgan fingerprint density at radius 1 is 1.25 bits per heavy atom. The lowest BCUT2D eigenvalue weighted by atomic mass is 9.86. The first-order valence-electron chi connectivity index (χ1n) is 5.62. The Morgan fingerprint density at radius 2 is 2.00 bits per heavy atom. The summed E-state index contributed by atoms with van der Waals surface area (Å²) in [6, 6.07) is 0. The average molecular weight is 225 g/mol. The number of hydrogen-bond donors (Lipinski definition) is 0. The normalized spacial score (nSPS) is 32.7. The first-order valence-corrected chi connectivity index (χ1v) is 5.62. The highest BCUT2D eigenvalue weighted by molar-refractivity contribution is 5.21. The van der Waals surface area contributed by atoms with Gasteiger partial charge in [-0.2, -0.15) is 0 Å². The van der Waals surface area contributed by atoms with Crippen molar-refractivity contribution in [3.05, 3.63) is 0 Å². The topological polar surface area (TPSA) is 60.6 Å². The Bertz CT molecular complexity index is 360. The van der Waals surface area contributed by atoms with Gasteiger partial charge < -0.3 is 9.47 Å². The van der Waals surface area contributed by atoms with E-state index in [0.29, 0.717) is 17.7 Å². The minimum Gasteiger partial charge on any atom is -0.475 e. The first kappa shape index (κ1) is 9.89. The van der Waals surface area contributed by atoms with Crippen molar-refractivity contribution in [2.24, 2.45) is 5.92 Å². The molecular weight excluding hydrogens is 210 g/mol. The molecule has 0 N–H and O–H groups in total. The summed E-state index contributed by atoms with van der Waals surface area (Å²) in [6.45, 7) is 3.36. The van der Waals surface area contributed by atoms with E-state index in [9.17, 15) is 0 Å². The summed E-state index contributed by atoms with van der Waals surface area (Å²) in [5.41, 5.74) is 0. The van der Waals surface area contributed by atoms with Crippen LogP contribution in [0.3, 0.4) is 0 Å². The molecule has 1 atom stereocenters. The molecule has 1 aromatic heterocycles. The van der Waals surface area contributed by atoms with Gasteiger partial charge in [0.05, 0.1) is 7.11 Å². The van der Waals surface area contributed by atoms with Gasteiger partial charge in [-0.15, -0.1) is 0 Å². The van der Waals surface area contributed by atoms with Crippen LogP contribution in [0.25, 0.3) is 0 Å². The summed E-state index contributed by atoms with van der Waals surface area (Å²) in [6.07, 6.45) is 2.61. The summed E-state index contributed by atoms with van der Waals surface area (Å²) >= 11 is 0. The van der Waals surface area contributed by atoms with Crippen molar-refractivity contribution in [2.45, 2.75) is 18.9 Å². The Morgan fingerprint density at radius 3 is 2.62 bits per heavy atom. The standard InChI is InChI=1S/C10H15N3O3/c1-14-9-10(12-16-11-9)15-8-6-13-4-2-7(8)3-5-13/h7-8H,2-6H2,1H3. The second-order valence-electron chi connectivity index (χ2n) is 4.37. The lowest BCUT2D eigenvalue weighted by Gasteiger charge is -2.43. The van der Waals surface area contributed by atoms with Gasteiger partial charge in [0.25, 0.3) is 0 Å². The molecule has 3 saturated heterocycles. The molecule has 1 aromatic rings. The molecule has 3 fully saturated rings. The maximum absolute atomic E-state index is 5.82. The number of ether oxygens (including phenoxy) is 2. The average Bonchev–Trinajstić information content (AvgIpc) is 2.78. The fourth-order valence-electron chi connectivity index (χ4n) is 2.56. The van der Waals surface area contributed by atoms with Crippen molar-refractivity contribution in [1.82, 2.24) is 15.2 Å². The second kappa shape index (κ2) is 3.93. The van der Waals surface area contributed by atoms with Gasteiger partial charge in [-0.05, 0) is 42.2 Å². The van der Waals surface area contributed by atoms with Crippen LogP contribution in [-0.2, 0) is 0 Å². The molecule has 1 unspecified atom stereocenters. The Labute approximate surface area is 93.5 Å². The van der Waals surface area contributed by atoms with Gasteiger partial charge in [0.2, 0.25) is 0 Å². The van der Waals surface area contributed by atoms with Gasteiger partial charge in [-0.1, -0.05) is 0 Å². The van der Waals surface area contributed by atoms with E-state index in [1.165, 1.54) is 33.0 Å². The van der Waals surface area contributed by atoms with E-state index in [1.807, 2.05) is 0 Å². The Hall–Kier alpha value is -1.30. The van der Waals surface area contributed by atoms with Crippen molar-refractivity contribution >= 4 is 0 Å².